The summed E-state index contributed by atoms with van der Waals surface area (Å²) in [7, 11) is 2.80. The molecule has 7 heteroatoms. The molecule has 0 amide bonds. The molecule has 0 aromatic carbocycles. The Bertz CT molecular complexity index is 329. The zero-order valence-electron chi connectivity index (χ0n) is 10.3. The van der Waals surface area contributed by atoms with Gasteiger partial charge in [0.25, 0.3) is 0 Å². The van der Waals surface area contributed by atoms with Gasteiger partial charge in [0, 0.05) is 7.11 Å². The zero-order valence-corrected chi connectivity index (χ0v) is 10.3. The third-order valence-corrected chi connectivity index (χ3v) is 3.06. The Morgan fingerprint density at radius 3 is 2.28 bits per heavy atom. The Morgan fingerprint density at radius 2 is 1.67 bits per heavy atom. The van der Waals surface area contributed by atoms with Gasteiger partial charge in [-0.25, -0.2) is 0 Å². The highest BCUT2D eigenvalue weighted by molar-refractivity contribution is 5.91. The van der Waals surface area contributed by atoms with Gasteiger partial charge in [-0.15, -0.1) is 0 Å². The number of carbonyl (C=O) groups is 2. The molecule has 0 spiro atoms. The predicted octanol–water partition coefficient (Wildman–Crippen LogP) is -0.726. The molecule has 18 heavy (non-hydrogen) atoms. The molecule has 0 aliphatic carbocycles. The van der Waals surface area contributed by atoms with Gasteiger partial charge in [-0.1, -0.05) is 0 Å². The number of hydrogen-bond acceptors (Lipinski definition) is 7. The first-order valence-electron chi connectivity index (χ1n) is 5.68. The van der Waals surface area contributed by atoms with Crippen molar-refractivity contribution in [3.8, 4) is 0 Å². The van der Waals surface area contributed by atoms with Gasteiger partial charge in [-0.3, -0.25) is 9.59 Å². The first-order valence-corrected chi connectivity index (χ1v) is 5.68. The van der Waals surface area contributed by atoms with Gasteiger partial charge < -0.3 is 23.7 Å². The first kappa shape index (κ1) is 13.3. The summed E-state index contributed by atoms with van der Waals surface area (Å²) in [5, 5.41) is 0. The van der Waals surface area contributed by atoms with Gasteiger partial charge >= 0.3 is 11.9 Å². The molecule has 2 unspecified atom stereocenters. The van der Waals surface area contributed by atoms with Crippen LogP contribution in [0, 0.1) is 0 Å². The molecule has 0 saturated carbocycles. The highest BCUT2D eigenvalue weighted by Gasteiger charge is 2.49. The standard InChI is InChI=1S/C11H16O7/c1-14-6-4-16-11-7(5-17-10(6)11)18-9(13)3-8(12)15-2/h6-7,10-11H,3-5H2,1-2H3/t6?,7?,10-,11-/m1/s1. The fraction of sp³-hybridized carbons (Fsp3) is 0.818. The Balaban J connectivity index is 1.85. The summed E-state index contributed by atoms with van der Waals surface area (Å²) in [6.07, 6.45) is -1.58. The van der Waals surface area contributed by atoms with E-state index in [-0.39, 0.29) is 24.9 Å². The molecule has 2 rings (SSSR count). The van der Waals surface area contributed by atoms with Crippen LogP contribution in [0.2, 0.25) is 0 Å². The second-order valence-corrected chi connectivity index (χ2v) is 4.15. The fourth-order valence-corrected chi connectivity index (χ4v) is 2.13. The minimum Gasteiger partial charge on any atom is -0.469 e. The molecular formula is C11H16O7. The zero-order chi connectivity index (χ0) is 13.1. The van der Waals surface area contributed by atoms with Crippen molar-refractivity contribution >= 4 is 11.9 Å². The quantitative estimate of drug-likeness (QED) is 0.487. The summed E-state index contributed by atoms with van der Waals surface area (Å²) in [5.74, 6) is -1.27. The molecular weight excluding hydrogens is 244 g/mol. The highest BCUT2D eigenvalue weighted by Crippen LogP contribution is 2.30. The van der Waals surface area contributed by atoms with Crippen molar-refractivity contribution in [1.82, 2.24) is 0 Å². The average molecular weight is 260 g/mol. The number of carbonyl (C=O) groups excluding carboxylic acids is 2. The SMILES string of the molecule is COC(=O)CC(=O)OC1CO[C@@H]2C(OC)CO[C@H]12. The number of fused-ring (bicyclic) bond motifs is 1. The van der Waals surface area contributed by atoms with Crippen LogP contribution in [-0.2, 0) is 33.3 Å². The van der Waals surface area contributed by atoms with E-state index in [1.165, 1.54) is 7.11 Å². The monoisotopic (exact) mass is 260 g/mol. The van der Waals surface area contributed by atoms with Crippen molar-refractivity contribution in [1.29, 1.82) is 0 Å². The van der Waals surface area contributed by atoms with E-state index in [1.54, 1.807) is 7.11 Å². The van der Waals surface area contributed by atoms with Crippen molar-refractivity contribution in [3.05, 3.63) is 0 Å². The van der Waals surface area contributed by atoms with E-state index in [1.807, 2.05) is 0 Å². The van der Waals surface area contributed by atoms with Gasteiger partial charge in [-0.2, -0.15) is 0 Å². The van der Waals surface area contributed by atoms with Crippen LogP contribution in [0.25, 0.3) is 0 Å². The number of ether oxygens (including phenoxy) is 5. The van der Waals surface area contributed by atoms with E-state index in [4.69, 9.17) is 18.9 Å². The second-order valence-electron chi connectivity index (χ2n) is 4.15. The van der Waals surface area contributed by atoms with Crippen LogP contribution in [0.5, 0.6) is 0 Å². The Kier molecular flexibility index (Phi) is 4.15. The molecule has 2 heterocycles. The van der Waals surface area contributed by atoms with Gasteiger partial charge in [-0.05, 0) is 0 Å². The van der Waals surface area contributed by atoms with E-state index < -0.39 is 24.5 Å². The van der Waals surface area contributed by atoms with Crippen molar-refractivity contribution in [2.45, 2.75) is 30.8 Å². The Morgan fingerprint density at radius 1 is 1.06 bits per heavy atom. The third-order valence-electron chi connectivity index (χ3n) is 3.06. The average Bonchev–Trinajstić information content (AvgIpc) is 2.91. The molecule has 0 aromatic rings. The van der Waals surface area contributed by atoms with Crippen molar-refractivity contribution in [2.75, 3.05) is 27.4 Å². The van der Waals surface area contributed by atoms with Gasteiger partial charge in [0.1, 0.15) is 24.7 Å². The van der Waals surface area contributed by atoms with Crippen LogP contribution in [0.15, 0.2) is 0 Å². The summed E-state index contributed by atoms with van der Waals surface area (Å²) in [5.41, 5.74) is 0. The number of hydrogen-bond donors (Lipinski definition) is 0. The van der Waals surface area contributed by atoms with E-state index >= 15 is 0 Å². The molecule has 2 saturated heterocycles. The van der Waals surface area contributed by atoms with Gasteiger partial charge in [0.15, 0.2) is 6.10 Å². The van der Waals surface area contributed by atoms with Crippen LogP contribution in [-0.4, -0.2) is 63.8 Å². The summed E-state index contributed by atoms with van der Waals surface area (Å²) in [4.78, 5) is 22.4. The minimum absolute atomic E-state index is 0.140. The van der Waals surface area contributed by atoms with Crippen LogP contribution in [0.3, 0.4) is 0 Å². The largest absolute Gasteiger partial charge is 0.469 e. The Hall–Kier alpha value is -1.18. The lowest BCUT2D eigenvalue weighted by Gasteiger charge is -2.16. The molecule has 7 nitrogen and oxygen atoms in total. The molecule has 2 aliphatic heterocycles. The van der Waals surface area contributed by atoms with Crippen molar-refractivity contribution in [3.63, 3.8) is 0 Å². The maximum absolute atomic E-state index is 11.4. The maximum Gasteiger partial charge on any atom is 0.317 e. The lowest BCUT2D eigenvalue weighted by atomic mass is 10.1. The molecule has 0 radical (unpaired) electrons. The van der Waals surface area contributed by atoms with Crippen LogP contribution >= 0.6 is 0 Å². The topological polar surface area (TPSA) is 80.3 Å². The lowest BCUT2D eigenvalue weighted by Crippen LogP contribution is -2.35. The highest BCUT2D eigenvalue weighted by atomic mass is 16.7. The molecule has 0 aromatic heterocycles. The van der Waals surface area contributed by atoms with Crippen molar-refractivity contribution < 1.29 is 33.3 Å². The van der Waals surface area contributed by atoms with Gasteiger partial charge in [0.05, 0.1) is 20.3 Å². The molecule has 0 bridgehead atoms. The van der Waals surface area contributed by atoms with E-state index in [0.29, 0.717) is 6.61 Å². The number of esters is 2. The third kappa shape index (κ3) is 2.63. The maximum atomic E-state index is 11.4. The van der Waals surface area contributed by atoms with Crippen LogP contribution in [0.4, 0.5) is 0 Å². The Labute approximate surface area is 104 Å². The first-order chi connectivity index (χ1) is 8.65. The molecule has 2 fully saturated rings. The molecule has 4 atom stereocenters. The van der Waals surface area contributed by atoms with E-state index in [2.05, 4.69) is 4.74 Å². The van der Waals surface area contributed by atoms with E-state index in [0.717, 1.165) is 0 Å². The smallest absolute Gasteiger partial charge is 0.317 e. The molecule has 2 aliphatic rings. The van der Waals surface area contributed by atoms with Crippen LogP contribution < -0.4 is 0 Å². The van der Waals surface area contributed by atoms with E-state index in [9.17, 15) is 9.59 Å². The summed E-state index contributed by atoms with van der Waals surface area (Å²) in [6.45, 7) is 0.666. The minimum atomic E-state index is -0.638. The fourth-order valence-electron chi connectivity index (χ4n) is 2.13. The summed E-state index contributed by atoms with van der Waals surface area (Å²) >= 11 is 0. The summed E-state index contributed by atoms with van der Waals surface area (Å²) in [6, 6.07) is 0. The second kappa shape index (κ2) is 5.64. The summed E-state index contributed by atoms with van der Waals surface area (Å²) < 4.78 is 25.7. The predicted molar refractivity (Wildman–Crippen MR) is 56.8 cm³/mol. The normalized spacial score (nSPS) is 34.1. The molecule has 102 valence electrons. The van der Waals surface area contributed by atoms with Crippen LogP contribution in [0.1, 0.15) is 6.42 Å². The van der Waals surface area contributed by atoms with Gasteiger partial charge in [0.2, 0.25) is 0 Å². The number of rotatable bonds is 4. The lowest BCUT2D eigenvalue weighted by molar-refractivity contribution is -0.159. The van der Waals surface area contributed by atoms with Crippen molar-refractivity contribution in [2.24, 2.45) is 0 Å². The number of methoxy groups -OCH3 is 2. The molecule has 0 N–H and O–H groups in total.